The summed E-state index contributed by atoms with van der Waals surface area (Å²) in [6.45, 7) is 2.65. The Hall–Kier alpha value is -2.40. The monoisotopic (exact) mass is 265 g/mol. The summed E-state index contributed by atoms with van der Waals surface area (Å²) in [4.78, 5) is 0. The highest BCUT2D eigenvalue weighted by Gasteiger charge is 2.09. The van der Waals surface area contributed by atoms with Crippen LogP contribution in [0.4, 0.5) is 5.69 Å². The second-order valence-electron chi connectivity index (χ2n) is 4.47. The lowest BCUT2D eigenvalue weighted by atomic mass is 10.0. The van der Waals surface area contributed by atoms with Gasteiger partial charge in [0.2, 0.25) is 0 Å². The first-order chi connectivity index (χ1) is 9.83. The second kappa shape index (κ2) is 7.25. The molecule has 0 aliphatic heterocycles. The van der Waals surface area contributed by atoms with Crippen LogP contribution in [0.25, 0.3) is 0 Å². The average molecular weight is 265 g/mol. The van der Waals surface area contributed by atoms with Gasteiger partial charge in [0.25, 0.3) is 0 Å². The van der Waals surface area contributed by atoms with Crippen molar-refractivity contribution in [2.45, 2.75) is 19.4 Å². The predicted molar refractivity (Wildman–Crippen MR) is 83.9 cm³/mol. The summed E-state index contributed by atoms with van der Waals surface area (Å²) < 4.78 is 5.44. The summed E-state index contributed by atoms with van der Waals surface area (Å²) in [5, 5.41) is 3.47. The van der Waals surface area contributed by atoms with E-state index in [9.17, 15) is 0 Å². The van der Waals surface area contributed by atoms with E-state index < -0.39 is 0 Å². The van der Waals surface area contributed by atoms with E-state index in [0.29, 0.717) is 13.0 Å². The highest BCUT2D eigenvalue weighted by molar-refractivity contribution is 5.48. The van der Waals surface area contributed by atoms with Crippen molar-refractivity contribution in [1.29, 1.82) is 0 Å². The highest BCUT2D eigenvalue weighted by Crippen LogP contribution is 2.23. The van der Waals surface area contributed by atoms with Gasteiger partial charge in [-0.2, -0.15) is 0 Å². The lowest BCUT2D eigenvalue weighted by Gasteiger charge is -2.18. The van der Waals surface area contributed by atoms with E-state index in [1.54, 1.807) is 0 Å². The van der Waals surface area contributed by atoms with E-state index in [2.05, 4.69) is 23.4 Å². The Morgan fingerprint density at radius 3 is 2.40 bits per heavy atom. The molecule has 0 aromatic heterocycles. The minimum Gasteiger partial charge on any atom is -0.494 e. The number of hydrogen-bond donors (Lipinski definition) is 1. The Labute approximate surface area is 120 Å². The fraction of sp³-hybridized carbons (Fsp3) is 0.222. The van der Waals surface area contributed by atoms with Crippen molar-refractivity contribution in [1.82, 2.24) is 0 Å². The number of hydrogen-bond acceptors (Lipinski definition) is 2. The van der Waals surface area contributed by atoms with Crippen molar-refractivity contribution in [3.63, 3.8) is 0 Å². The van der Waals surface area contributed by atoms with E-state index in [1.165, 1.54) is 5.56 Å². The minimum atomic E-state index is 0.124. The first-order valence-corrected chi connectivity index (χ1v) is 6.81. The first kappa shape index (κ1) is 14.0. The van der Waals surface area contributed by atoms with Crippen LogP contribution in [0.5, 0.6) is 5.75 Å². The first-order valence-electron chi connectivity index (χ1n) is 6.81. The van der Waals surface area contributed by atoms with Gasteiger partial charge >= 0.3 is 0 Å². The number of ether oxygens (including phenoxy) is 1. The van der Waals surface area contributed by atoms with Crippen LogP contribution in [0.3, 0.4) is 0 Å². The van der Waals surface area contributed by atoms with Crippen LogP contribution in [-0.2, 0) is 0 Å². The number of benzene rings is 2. The molecular formula is C18H19NO. The maximum absolute atomic E-state index is 5.47. The smallest absolute Gasteiger partial charge is 0.119 e. The number of nitrogens with one attached hydrogen (secondary N) is 1. The summed E-state index contributed by atoms with van der Waals surface area (Å²) in [6.07, 6.45) is 6.12. The molecule has 1 atom stereocenters. The third kappa shape index (κ3) is 3.80. The summed E-state index contributed by atoms with van der Waals surface area (Å²) in [5.41, 5.74) is 2.23. The van der Waals surface area contributed by atoms with Crippen LogP contribution < -0.4 is 10.1 Å². The van der Waals surface area contributed by atoms with Crippen LogP contribution in [0.2, 0.25) is 0 Å². The fourth-order valence-electron chi connectivity index (χ4n) is 2.07. The molecule has 0 fully saturated rings. The zero-order chi connectivity index (χ0) is 14.2. The molecule has 0 amide bonds. The minimum absolute atomic E-state index is 0.124. The predicted octanol–water partition coefficient (Wildman–Crippen LogP) is 4.26. The largest absolute Gasteiger partial charge is 0.494 e. The number of rotatable bonds is 6. The SMILES string of the molecule is C#CCC(Nc1ccc(OCC)cc1)c1ccccc1. The van der Waals surface area contributed by atoms with Gasteiger partial charge in [-0.15, -0.1) is 12.3 Å². The van der Waals surface area contributed by atoms with E-state index in [-0.39, 0.29) is 6.04 Å². The fourth-order valence-corrected chi connectivity index (χ4v) is 2.07. The van der Waals surface area contributed by atoms with Gasteiger partial charge < -0.3 is 10.1 Å². The van der Waals surface area contributed by atoms with Crippen LogP contribution in [0.1, 0.15) is 24.9 Å². The summed E-state index contributed by atoms with van der Waals surface area (Å²) >= 11 is 0. The van der Waals surface area contributed by atoms with Gasteiger partial charge in [-0.1, -0.05) is 30.3 Å². The van der Waals surface area contributed by atoms with Gasteiger partial charge in [0.15, 0.2) is 0 Å². The van der Waals surface area contributed by atoms with Gasteiger partial charge in [0.1, 0.15) is 5.75 Å². The van der Waals surface area contributed by atoms with Gasteiger partial charge in [-0.05, 0) is 36.8 Å². The molecule has 20 heavy (non-hydrogen) atoms. The van der Waals surface area contributed by atoms with Crippen molar-refractivity contribution in [3.05, 3.63) is 60.2 Å². The maximum Gasteiger partial charge on any atom is 0.119 e. The molecule has 0 aliphatic rings. The van der Waals surface area contributed by atoms with Gasteiger partial charge in [-0.25, -0.2) is 0 Å². The Morgan fingerprint density at radius 1 is 1.10 bits per heavy atom. The molecule has 2 aromatic carbocycles. The Kier molecular flexibility index (Phi) is 5.08. The van der Waals surface area contributed by atoms with Gasteiger partial charge in [-0.3, -0.25) is 0 Å². The van der Waals surface area contributed by atoms with Crippen LogP contribution >= 0.6 is 0 Å². The average Bonchev–Trinajstić information content (AvgIpc) is 2.50. The maximum atomic E-state index is 5.47. The third-order valence-electron chi connectivity index (χ3n) is 3.03. The van der Waals surface area contributed by atoms with Crippen LogP contribution in [0.15, 0.2) is 54.6 Å². The number of anilines is 1. The molecular weight excluding hydrogens is 246 g/mol. The third-order valence-corrected chi connectivity index (χ3v) is 3.03. The van der Waals surface area contributed by atoms with Gasteiger partial charge in [0, 0.05) is 12.1 Å². The van der Waals surface area contributed by atoms with Crippen molar-refractivity contribution in [2.24, 2.45) is 0 Å². The Balaban J connectivity index is 2.10. The molecule has 0 heterocycles. The molecule has 0 spiro atoms. The topological polar surface area (TPSA) is 21.3 Å². The molecule has 2 nitrogen and oxygen atoms in total. The normalized spacial score (nSPS) is 11.4. The van der Waals surface area contributed by atoms with E-state index in [4.69, 9.17) is 11.2 Å². The quantitative estimate of drug-likeness (QED) is 0.788. The van der Waals surface area contributed by atoms with E-state index >= 15 is 0 Å². The van der Waals surface area contributed by atoms with E-state index in [0.717, 1.165) is 11.4 Å². The molecule has 2 rings (SSSR count). The molecule has 1 N–H and O–H groups in total. The highest BCUT2D eigenvalue weighted by atomic mass is 16.5. The van der Waals surface area contributed by atoms with Crippen LogP contribution in [-0.4, -0.2) is 6.61 Å². The van der Waals surface area contributed by atoms with Gasteiger partial charge in [0.05, 0.1) is 12.6 Å². The standard InChI is InChI=1S/C18H19NO/c1-3-8-18(15-9-6-5-7-10-15)19-16-11-13-17(14-12-16)20-4-2/h1,5-7,9-14,18-19H,4,8H2,2H3. The summed E-state index contributed by atoms with van der Waals surface area (Å²) in [5.74, 6) is 3.61. The van der Waals surface area contributed by atoms with Crippen molar-refractivity contribution >= 4 is 5.69 Å². The molecule has 0 radical (unpaired) electrons. The molecule has 0 saturated carbocycles. The molecule has 0 bridgehead atoms. The summed E-state index contributed by atoms with van der Waals surface area (Å²) in [6, 6.07) is 18.3. The van der Waals surface area contributed by atoms with Crippen molar-refractivity contribution in [3.8, 4) is 18.1 Å². The lowest BCUT2D eigenvalue weighted by molar-refractivity contribution is 0.340. The molecule has 0 saturated heterocycles. The lowest BCUT2D eigenvalue weighted by Crippen LogP contribution is -2.10. The molecule has 2 heteroatoms. The Morgan fingerprint density at radius 2 is 1.80 bits per heavy atom. The molecule has 2 aromatic rings. The van der Waals surface area contributed by atoms with Crippen molar-refractivity contribution in [2.75, 3.05) is 11.9 Å². The summed E-state index contributed by atoms with van der Waals surface area (Å²) in [7, 11) is 0. The molecule has 0 aliphatic carbocycles. The van der Waals surface area contributed by atoms with Crippen LogP contribution in [0, 0.1) is 12.3 Å². The molecule has 102 valence electrons. The molecule has 1 unspecified atom stereocenters. The Bertz CT molecular complexity index is 554. The van der Waals surface area contributed by atoms with E-state index in [1.807, 2.05) is 49.4 Å². The van der Waals surface area contributed by atoms with Crippen molar-refractivity contribution < 1.29 is 4.74 Å². The zero-order valence-electron chi connectivity index (χ0n) is 11.7. The second-order valence-corrected chi connectivity index (χ2v) is 4.47. The zero-order valence-corrected chi connectivity index (χ0v) is 11.7. The number of terminal acetylenes is 1.